The number of hydrogen-bond donors (Lipinski definition) is 0. The number of hydrogen-bond acceptors (Lipinski definition) is 1. The van der Waals surface area contributed by atoms with E-state index in [9.17, 15) is 0 Å². The SMILES string of the molecule is CC=C(C#CC(C)(C)C)SC(C)CC#CC1CCCCC1. The van der Waals surface area contributed by atoms with Gasteiger partial charge in [0.05, 0.1) is 4.91 Å². The van der Waals surface area contributed by atoms with E-state index in [0.29, 0.717) is 11.2 Å². The van der Waals surface area contributed by atoms with Crippen LogP contribution in [0, 0.1) is 35.0 Å². The molecule has 0 aliphatic heterocycles. The number of rotatable bonds is 3. The van der Waals surface area contributed by atoms with Crippen molar-refractivity contribution in [2.45, 2.75) is 78.4 Å². The Morgan fingerprint density at radius 3 is 2.48 bits per heavy atom. The highest BCUT2D eigenvalue weighted by atomic mass is 32.2. The molecular weight excluding hydrogens is 272 g/mol. The van der Waals surface area contributed by atoms with Crippen LogP contribution in [0.2, 0.25) is 0 Å². The molecule has 0 nitrogen and oxygen atoms in total. The highest BCUT2D eigenvalue weighted by Gasteiger charge is 2.10. The highest BCUT2D eigenvalue weighted by Crippen LogP contribution is 2.25. The van der Waals surface area contributed by atoms with Gasteiger partial charge in [0, 0.05) is 23.0 Å². The van der Waals surface area contributed by atoms with Crippen molar-refractivity contribution < 1.29 is 0 Å². The van der Waals surface area contributed by atoms with Crippen LogP contribution in [0.3, 0.4) is 0 Å². The summed E-state index contributed by atoms with van der Waals surface area (Å²) in [6.45, 7) is 10.8. The van der Waals surface area contributed by atoms with Gasteiger partial charge >= 0.3 is 0 Å². The molecule has 0 spiro atoms. The molecule has 0 radical (unpaired) electrons. The molecule has 21 heavy (non-hydrogen) atoms. The largest absolute Gasteiger partial charge is 0.113 e. The van der Waals surface area contributed by atoms with Gasteiger partial charge in [0.2, 0.25) is 0 Å². The van der Waals surface area contributed by atoms with Crippen molar-refractivity contribution in [3.63, 3.8) is 0 Å². The molecule has 1 rings (SSSR count). The van der Waals surface area contributed by atoms with Gasteiger partial charge < -0.3 is 0 Å². The molecular formula is C20H30S. The van der Waals surface area contributed by atoms with Crippen molar-refractivity contribution in [3.05, 3.63) is 11.0 Å². The van der Waals surface area contributed by atoms with Gasteiger partial charge in [-0.2, -0.15) is 0 Å². The van der Waals surface area contributed by atoms with Gasteiger partial charge in [0.15, 0.2) is 0 Å². The lowest BCUT2D eigenvalue weighted by molar-refractivity contribution is 0.430. The molecule has 0 aromatic heterocycles. The van der Waals surface area contributed by atoms with Gasteiger partial charge in [0.25, 0.3) is 0 Å². The minimum atomic E-state index is 0.0683. The predicted molar refractivity (Wildman–Crippen MR) is 97.0 cm³/mol. The summed E-state index contributed by atoms with van der Waals surface area (Å²) in [6.07, 6.45) is 9.85. The maximum atomic E-state index is 3.48. The first kappa shape index (κ1) is 18.3. The first-order valence-electron chi connectivity index (χ1n) is 8.25. The summed E-state index contributed by atoms with van der Waals surface area (Å²) in [5, 5.41) is 0.515. The van der Waals surface area contributed by atoms with E-state index in [2.05, 4.69) is 64.4 Å². The summed E-state index contributed by atoms with van der Waals surface area (Å²) >= 11 is 1.86. The normalized spacial score (nSPS) is 18.2. The third-order valence-electron chi connectivity index (χ3n) is 3.45. The lowest BCUT2D eigenvalue weighted by atomic mass is 9.90. The van der Waals surface area contributed by atoms with Crippen molar-refractivity contribution in [3.8, 4) is 23.7 Å². The Bertz CT molecular complexity index is 450. The molecule has 0 amide bonds. The van der Waals surface area contributed by atoms with Crippen LogP contribution in [0.1, 0.15) is 73.1 Å². The summed E-state index contributed by atoms with van der Waals surface area (Å²) in [5.41, 5.74) is 0.0683. The maximum absolute atomic E-state index is 3.48. The molecule has 1 saturated carbocycles. The minimum Gasteiger partial charge on any atom is -0.113 e. The third kappa shape index (κ3) is 8.95. The molecule has 1 aliphatic carbocycles. The van der Waals surface area contributed by atoms with E-state index in [-0.39, 0.29) is 5.41 Å². The first-order chi connectivity index (χ1) is 9.90. The molecule has 0 N–H and O–H groups in total. The number of thioether (sulfide) groups is 1. The summed E-state index contributed by atoms with van der Waals surface area (Å²) in [4.78, 5) is 1.18. The average molecular weight is 303 g/mol. The lowest BCUT2D eigenvalue weighted by Crippen LogP contribution is -2.03. The van der Waals surface area contributed by atoms with Gasteiger partial charge in [-0.05, 0) is 40.5 Å². The summed E-state index contributed by atoms with van der Waals surface area (Å²) in [6, 6.07) is 0. The van der Waals surface area contributed by atoms with E-state index in [4.69, 9.17) is 0 Å². The molecule has 116 valence electrons. The van der Waals surface area contributed by atoms with E-state index in [0.717, 1.165) is 6.42 Å². The molecule has 1 aliphatic rings. The van der Waals surface area contributed by atoms with E-state index in [1.807, 2.05) is 11.8 Å². The van der Waals surface area contributed by atoms with E-state index in [1.54, 1.807) is 0 Å². The lowest BCUT2D eigenvalue weighted by Gasteiger charge is -2.15. The second-order valence-electron chi connectivity index (χ2n) is 6.94. The zero-order valence-electron chi connectivity index (χ0n) is 14.4. The fraction of sp³-hybridized carbons (Fsp3) is 0.700. The minimum absolute atomic E-state index is 0.0683. The monoisotopic (exact) mass is 302 g/mol. The van der Waals surface area contributed by atoms with Crippen molar-refractivity contribution in [2.24, 2.45) is 11.3 Å². The fourth-order valence-corrected chi connectivity index (χ4v) is 3.12. The highest BCUT2D eigenvalue weighted by molar-refractivity contribution is 8.03. The Morgan fingerprint density at radius 1 is 1.24 bits per heavy atom. The van der Waals surface area contributed by atoms with Crippen LogP contribution in [-0.4, -0.2) is 5.25 Å². The van der Waals surface area contributed by atoms with E-state index >= 15 is 0 Å². The molecule has 1 atom stereocenters. The zero-order chi connectivity index (χ0) is 15.7. The van der Waals surface area contributed by atoms with E-state index < -0.39 is 0 Å². The fourth-order valence-electron chi connectivity index (χ4n) is 2.27. The van der Waals surface area contributed by atoms with E-state index in [1.165, 1.54) is 37.0 Å². The predicted octanol–water partition coefficient (Wildman–Crippen LogP) is 6.04. The van der Waals surface area contributed by atoms with Crippen LogP contribution in [0.15, 0.2) is 11.0 Å². The third-order valence-corrected chi connectivity index (χ3v) is 4.61. The standard InChI is InChI=1S/C20H30S/c1-6-19(15-16-20(3,4)5)21-17(2)11-10-14-18-12-8-7-9-13-18/h6,17-18H,7-9,11-13H2,1-5H3. The van der Waals surface area contributed by atoms with Crippen molar-refractivity contribution in [1.29, 1.82) is 0 Å². The Balaban J connectivity index is 2.42. The molecule has 1 heteroatoms. The number of allylic oxidation sites excluding steroid dienone is 2. The van der Waals surface area contributed by atoms with Crippen LogP contribution in [0.4, 0.5) is 0 Å². The van der Waals surface area contributed by atoms with Crippen LogP contribution < -0.4 is 0 Å². The van der Waals surface area contributed by atoms with Crippen LogP contribution in [0.5, 0.6) is 0 Å². The van der Waals surface area contributed by atoms with Crippen molar-refractivity contribution in [2.75, 3.05) is 0 Å². The first-order valence-corrected chi connectivity index (χ1v) is 9.13. The van der Waals surface area contributed by atoms with Crippen LogP contribution >= 0.6 is 11.8 Å². The quantitative estimate of drug-likeness (QED) is 0.573. The second-order valence-corrected chi connectivity index (χ2v) is 8.42. The van der Waals surface area contributed by atoms with Crippen molar-refractivity contribution in [1.82, 2.24) is 0 Å². The summed E-state index contributed by atoms with van der Waals surface area (Å²) in [7, 11) is 0. The smallest absolute Gasteiger partial charge is 0.0533 e. The van der Waals surface area contributed by atoms with Gasteiger partial charge in [-0.3, -0.25) is 0 Å². The molecule has 0 bridgehead atoms. The maximum Gasteiger partial charge on any atom is 0.0533 e. The van der Waals surface area contributed by atoms with Crippen LogP contribution in [0.25, 0.3) is 0 Å². The van der Waals surface area contributed by atoms with Gasteiger partial charge in [0.1, 0.15) is 0 Å². The second kappa shape index (κ2) is 9.27. The molecule has 1 unspecified atom stereocenters. The van der Waals surface area contributed by atoms with Gasteiger partial charge in [-0.15, -0.1) is 17.7 Å². The Labute approximate surface area is 136 Å². The van der Waals surface area contributed by atoms with Crippen LogP contribution in [-0.2, 0) is 0 Å². The molecule has 1 fully saturated rings. The molecule has 0 saturated heterocycles. The Kier molecular flexibility index (Phi) is 8.06. The topological polar surface area (TPSA) is 0 Å². The summed E-state index contributed by atoms with van der Waals surface area (Å²) < 4.78 is 0. The van der Waals surface area contributed by atoms with Gasteiger partial charge in [-0.25, -0.2) is 0 Å². The summed E-state index contributed by atoms with van der Waals surface area (Å²) in [5.74, 6) is 14.2. The molecule has 0 aromatic rings. The average Bonchev–Trinajstić information content (AvgIpc) is 2.43. The zero-order valence-corrected chi connectivity index (χ0v) is 15.2. The van der Waals surface area contributed by atoms with Gasteiger partial charge in [-0.1, -0.05) is 50.0 Å². The van der Waals surface area contributed by atoms with Crippen molar-refractivity contribution >= 4 is 11.8 Å². The molecule has 0 heterocycles. The Hall–Kier alpha value is -0.790. The molecule has 0 aromatic carbocycles. The Morgan fingerprint density at radius 2 is 1.90 bits per heavy atom.